The number of piperidine rings is 1. The molecule has 4 aromatic rings. The number of thiophene rings is 1. The van der Waals surface area contributed by atoms with Crippen LogP contribution >= 0.6 is 22.9 Å². The fourth-order valence-electron chi connectivity index (χ4n) is 4.99. The van der Waals surface area contributed by atoms with Crippen LogP contribution in [0.2, 0.25) is 5.28 Å². The molecule has 1 saturated heterocycles. The molecule has 192 valence electrons. The van der Waals surface area contributed by atoms with E-state index in [0.29, 0.717) is 24.9 Å². The van der Waals surface area contributed by atoms with Crippen molar-refractivity contribution < 1.29 is 4.79 Å². The van der Waals surface area contributed by atoms with Crippen LogP contribution in [0.15, 0.2) is 17.6 Å². The van der Waals surface area contributed by atoms with Crippen molar-refractivity contribution in [3.05, 3.63) is 39.7 Å². The Morgan fingerprint density at radius 3 is 2.84 bits per heavy atom. The first-order valence-electron chi connectivity index (χ1n) is 12.2. The highest BCUT2D eigenvalue weighted by molar-refractivity contribution is 7.17. The van der Waals surface area contributed by atoms with E-state index in [2.05, 4.69) is 42.3 Å². The van der Waals surface area contributed by atoms with E-state index >= 15 is 0 Å². The predicted octanol–water partition coefficient (Wildman–Crippen LogP) is 3.18. The second-order valence-electron chi connectivity index (χ2n) is 9.66. The summed E-state index contributed by atoms with van der Waals surface area (Å²) in [7, 11) is 2.11. The second-order valence-corrected chi connectivity index (χ2v) is 10.9. The molecule has 0 atom stereocenters. The summed E-state index contributed by atoms with van der Waals surface area (Å²) in [5, 5.41) is 9.84. The number of halogens is 1. The molecule has 0 spiro atoms. The Kier molecular flexibility index (Phi) is 6.17. The molecule has 0 radical (unpaired) electrons. The van der Waals surface area contributed by atoms with Crippen LogP contribution in [-0.4, -0.2) is 72.1 Å². The first kappa shape index (κ1) is 24.0. The number of fused-ring (bicyclic) bond motifs is 2. The zero-order valence-electron chi connectivity index (χ0n) is 20.6. The molecule has 13 heteroatoms. The van der Waals surface area contributed by atoms with E-state index in [1.165, 1.54) is 16.0 Å². The minimum Gasteiger partial charge on any atom is -0.368 e. The van der Waals surface area contributed by atoms with E-state index in [1.807, 2.05) is 23.3 Å². The quantitative estimate of drug-likeness (QED) is 0.376. The molecule has 2 aliphatic rings. The van der Waals surface area contributed by atoms with Crippen LogP contribution < -0.4 is 11.1 Å². The molecule has 11 nitrogen and oxygen atoms in total. The third-order valence-corrected chi connectivity index (χ3v) is 8.31. The molecule has 0 bridgehead atoms. The predicted molar refractivity (Wildman–Crippen MR) is 143 cm³/mol. The minimum absolute atomic E-state index is 0.108. The molecule has 0 unspecified atom stereocenters. The number of amides is 1. The number of nitrogens with zero attached hydrogens (tertiary/aromatic N) is 8. The number of nitrogen functional groups attached to an aromatic ring is 1. The van der Waals surface area contributed by atoms with Gasteiger partial charge >= 0.3 is 0 Å². The highest BCUT2D eigenvalue weighted by atomic mass is 35.5. The van der Waals surface area contributed by atoms with Crippen molar-refractivity contribution in [3.63, 3.8) is 0 Å². The Labute approximate surface area is 222 Å². The lowest BCUT2D eigenvalue weighted by Gasteiger charge is -2.34. The van der Waals surface area contributed by atoms with Gasteiger partial charge < -0.3 is 20.9 Å². The van der Waals surface area contributed by atoms with Crippen LogP contribution in [0.4, 0.5) is 17.6 Å². The molecule has 0 aliphatic carbocycles. The smallest absolute Gasteiger partial charge is 0.248 e. The van der Waals surface area contributed by atoms with Crippen LogP contribution in [-0.2, 0) is 17.8 Å². The number of rotatable bonds is 4. The zero-order valence-corrected chi connectivity index (χ0v) is 22.2. The van der Waals surface area contributed by atoms with E-state index in [9.17, 15) is 4.79 Å². The highest BCUT2D eigenvalue weighted by Crippen LogP contribution is 2.31. The number of likely N-dealkylation sites (tertiary alicyclic amines) is 1. The van der Waals surface area contributed by atoms with Gasteiger partial charge in [-0.05, 0) is 74.1 Å². The Morgan fingerprint density at radius 2 is 2.03 bits per heavy atom. The fraction of sp³-hybridized carbons (Fsp3) is 0.417. The lowest BCUT2D eigenvalue weighted by atomic mass is 9.94. The molecule has 0 saturated carbocycles. The van der Waals surface area contributed by atoms with Crippen molar-refractivity contribution >= 4 is 56.6 Å². The number of hydrogen-bond donors (Lipinski definition) is 2. The Hall–Kier alpha value is -3.35. The third kappa shape index (κ3) is 4.60. The molecule has 6 heterocycles. The van der Waals surface area contributed by atoms with Crippen LogP contribution in [0.3, 0.4) is 0 Å². The normalized spacial score (nSPS) is 16.8. The van der Waals surface area contributed by atoms with E-state index in [-0.39, 0.29) is 23.1 Å². The maximum Gasteiger partial charge on any atom is 0.248 e. The number of aromatic nitrogens is 6. The van der Waals surface area contributed by atoms with Gasteiger partial charge in [0.2, 0.25) is 23.1 Å². The summed E-state index contributed by atoms with van der Waals surface area (Å²) >= 11 is 7.68. The van der Waals surface area contributed by atoms with Crippen molar-refractivity contribution in [2.24, 2.45) is 5.92 Å². The summed E-state index contributed by atoms with van der Waals surface area (Å²) in [6.07, 6.45) is 4.34. The van der Waals surface area contributed by atoms with Gasteiger partial charge in [0.25, 0.3) is 0 Å². The van der Waals surface area contributed by atoms with Crippen molar-refractivity contribution in [1.82, 2.24) is 39.5 Å². The van der Waals surface area contributed by atoms with E-state index in [0.717, 1.165) is 65.1 Å². The van der Waals surface area contributed by atoms with Crippen molar-refractivity contribution in [1.29, 1.82) is 0 Å². The van der Waals surface area contributed by atoms with Gasteiger partial charge in [0.15, 0.2) is 5.82 Å². The van der Waals surface area contributed by atoms with Crippen LogP contribution in [0.25, 0.3) is 16.0 Å². The van der Waals surface area contributed by atoms with Gasteiger partial charge in [-0.25, -0.2) is 4.98 Å². The lowest BCUT2D eigenvalue weighted by Crippen LogP contribution is -2.43. The van der Waals surface area contributed by atoms with E-state index in [4.69, 9.17) is 17.3 Å². The molecule has 1 fully saturated rings. The first-order valence-corrected chi connectivity index (χ1v) is 13.5. The molecule has 6 rings (SSSR count). The van der Waals surface area contributed by atoms with Gasteiger partial charge in [-0.3, -0.25) is 9.78 Å². The van der Waals surface area contributed by atoms with Crippen molar-refractivity contribution in [3.8, 4) is 5.82 Å². The molecule has 4 aromatic heterocycles. The third-order valence-electron chi connectivity index (χ3n) is 7.06. The Balaban J connectivity index is 1.22. The van der Waals surface area contributed by atoms with Gasteiger partial charge in [0.05, 0.1) is 22.1 Å². The molecule has 37 heavy (non-hydrogen) atoms. The molecule has 0 aromatic carbocycles. The number of nitrogens with two attached hydrogens (primary N) is 1. The van der Waals surface area contributed by atoms with E-state index < -0.39 is 0 Å². The first-order chi connectivity index (χ1) is 17.9. The van der Waals surface area contributed by atoms with Gasteiger partial charge in [0.1, 0.15) is 0 Å². The average molecular weight is 539 g/mol. The molecule has 2 aliphatic heterocycles. The number of hydrogen-bond acceptors (Lipinski definition) is 10. The summed E-state index contributed by atoms with van der Waals surface area (Å²) in [6, 6.07) is 2.01. The van der Waals surface area contributed by atoms with Crippen LogP contribution in [0, 0.1) is 12.8 Å². The number of pyridine rings is 1. The van der Waals surface area contributed by atoms with Gasteiger partial charge in [-0.2, -0.15) is 14.6 Å². The second kappa shape index (κ2) is 9.51. The largest absolute Gasteiger partial charge is 0.368 e. The van der Waals surface area contributed by atoms with Crippen molar-refractivity contribution in [2.75, 3.05) is 37.7 Å². The summed E-state index contributed by atoms with van der Waals surface area (Å²) < 4.78 is 2.29. The maximum atomic E-state index is 13.2. The summed E-state index contributed by atoms with van der Waals surface area (Å²) in [4.78, 5) is 35.1. The number of nitrogens with one attached hydrogen (secondary N) is 1. The maximum absolute atomic E-state index is 13.2. The van der Waals surface area contributed by atoms with Crippen molar-refractivity contribution in [2.45, 2.75) is 32.7 Å². The SMILES string of the molecule is Cc1csc2c(-n3nc(Nc4cnc5c(c4)CN(C(=O)C4CCN(C)CC4)CC5)nc3N)nc(Cl)nc12. The topological polar surface area (TPSA) is 131 Å². The monoisotopic (exact) mass is 538 g/mol. The summed E-state index contributed by atoms with van der Waals surface area (Å²) in [6.45, 7) is 5.17. The molecular formula is C24H27ClN10OS. The van der Waals surface area contributed by atoms with Crippen LogP contribution in [0.1, 0.15) is 29.7 Å². The van der Waals surface area contributed by atoms with Crippen LogP contribution in [0.5, 0.6) is 0 Å². The highest BCUT2D eigenvalue weighted by Gasteiger charge is 2.30. The zero-order chi connectivity index (χ0) is 25.7. The number of carbonyl (C=O) groups excluding carboxylic acids is 1. The number of aryl methyl sites for hydroxylation is 1. The lowest BCUT2D eigenvalue weighted by molar-refractivity contribution is -0.138. The molecule has 3 N–H and O–H groups in total. The van der Waals surface area contributed by atoms with E-state index in [1.54, 1.807) is 6.20 Å². The molecular weight excluding hydrogens is 512 g/mol. The van der Waals surface area contributed by atoms with Gasteiger partial charge in [-0.1, -0.05) is 0 Å². The fourth-order valence-corrected chi connectivity index (χ4v) is 6.12. The summed E-state index contributed by atoms with van der Waals surface area (Å²) in [5.41, 5.74) is 10.7. The standard InChI is InChI=1S/C24H27ClN10OS/c1-13-12-37-19-18(13)29-22(25)30-20(19)35-23(26)31-24(32-35)28-16-9-15-11-34(8-5-17(15)27-10-16)21(36)14-3-6-33(2)7-4-14/h9-10,12,14H,3-8,11H2,1-2H3,(H3,26,28,31,32). The number of anilines is 3. The molecule has 1 amide bonds. The number of carbonyl (C=O) groups is 1. The average Bonchev–Trinajstić information content (AvgIpc) is 3.44. The van der Waals surface area contributed by atoms with Gasteiger partial charge in [0, 0.05) is 31.1 Å². The summed E-state index contributed by atoms with van der Waals surface area (Å²) in [5.74, 6) is 1.33. The Bertz CT molecular complexity index is 1490. The van der Waals surface area contributed by atoms with Gasteiger partial charge in [-0.15, -0.1) is 16.4 Å². The Morgan fingerprint density at radius 1 is 1.22 bits per heavy atom. The minimum atomic E-state index is 0.108.